The lowest BCUT2D eigenvalue weighted by molar-refractivity contribution is -0.127. The molecule has 0 saturated heterocycles. The first-order chi connectivity index (χ1) is 19.7. The Balaban J connectivity index is 1.36. The van der Waals surface area contributed by atoms with Crippen LogP contribution >= 0.6 is 22.9 Å². The Morgan fingerprint density at radius 1 is 1.22 bits per heavy atom. The number of aromatic nitrogens is 7. The number of carbonyl (C=O) groups excluding carboxylic acids is 1. The van der Waals surface area contributed by atoms with E-state index in [2.05, 4.69) is 25.5 Å². The molecule has 1 aliphatic rings. The van der Waals surface area contributed by atoms with Crippen molar-refractivity contribution in [1.29, 1.82) is 0 Å². The third kappa shape index (κ3) is 4.83. The Morgan fingerprint density at radius 2 is 2.05 bits per heavy atom. The van der Waals surface area contributed by atoms with Crippen LogP contribution in [0.15, 0.2) is 53.0 Å². The summed E-state index contributed by atoms with van der Waals surface area (Å²) in [5.74, 6) is -0.710. The summed E-state index contributed by atoms with van der Waals surface area (Å²) in [5.41, 5.74) is 4.40. The highest BCUT2D eigenvalue weighted by Crippen LogP contribution is 2.36. The van der Waals surface area contributed by atoms with Crippen molar-refractivity contribution in [3.05, 3.63) is 85.6 Å². The van der Waals surface area contributed by atoms with Gasteiger partial charge in [0.25, 0.3) is 5.56 Å². The van der Waals surface area contributed by atoms with Gasteiger partial charge in [-0.3, -0.25) is 9.59 Å². The van der Waals surface area contributed by atoms with Crippen LogP contribution in [-0.2, 0) is 17.6 Å². The van der Waals surface area contributed by atoms with E-state index in [9.17, 15) is 19.5 Å². The van der Waals surface area contributed by atoms with Gasteiger partial charge in [0, 0.05) is 47.4 Å². The number of likely N-dealkylation sites (N-methyl/N-ethyl adjacent to an activating group) is 1. The largest absolute Gasteiger partial charge is 0.477 e. The number of hydrogen-bond donors (Lipinski definition) is 2. The number of fused-ring (bicyclic) bond motifs is 1. The van der Waals surface area contributed by atoms with Crippen LogP contribution in [-0.4, -0.2) is 70.7 Å². The van der Waals surface area contributed by atoms with E-state index in [1.54, 1.807) is 54.5 Å². The van der Waals surface area contributed by atoms with Gasteiger partial charge < -0.3 is 19.6 Å². The van der Waals surface area contributed by atoms with E-state index in [1.807, 2.05) is 6.07 Å². The average molecular weight is 591 g/mol. The molecule has 12 nitrogen and oxygen atoms in total. The molecule has 41 heavy (non-hydrogen) atoms. The molecule has 1 atom stereocenters. The number of aromatic amines is 1. The normalized spacial score (nSPS) is 14.3. The predicted octanol–water partition coefficient (Wildman–Crippen LogP) is 3.46. The fraction of sp³-hybridized carbons (Fsp3) is 0.222. The Kier molecular flexibility index (Phi) is 6.75. The Morgan fingerprint density at radius 3 is 2.78 bits per heavy atom. The maximum atomic E-state index is 13.5. The number of nitrogens with one attached hydrogen (secondary N) is 1. The van der Waals surface area contributed by atoms with Crippen LogP contribution in [0.2, 0.25) is 5.02 Å². The highest BCUT2D eigenvalue weighted by molar-refractivity contribution is 7.12. The summed E-state index contributed by atoms with van der Waals surface area (Å²) < 4.78 is 3.24. The number of thiophene rings is 1. The van der Waals surface area contributed by atoms with Crippen LogP contribution in [0.5, 0.6) is 0 Å². The molecular weight excluding hydrogens is 568 g/mol. The van der Waals surface area contributed by atoms with E-state index >= 15 is 0 Å². The summed E-state index contributed by atoms with van der Waals surface area (Å²) in [7, 11) is 3.26. The molecule has 2 N–H and O–H groups in total. The number of carboxylic acid groups (broad SMARTS) is 1. The number of halogens is 1. The fourth-order valence-corrected chi connectivity index (χ4v) is 6.24. The van der Waals surface area contributed by atoms with Crippen molar-refractivity contribution in [3.63, 3.8) is 0 Å². The molecule has 6 rings (SSSR count). The quantitative estimate of drug-likeness (QED) is 0.292. The molecule has 0 saturated carbocycles. The van der Waals surface area contributed by atoms with E-state index in [0.29, 0.717) is 51.8 Å². The van der Waals surface area contributed by atoms with E-state index in [4.69, 9.17) is 11.6 Å². The number of amides is 1. The molecule has 0 fully saturated rings. The minimum atomic E-state index is -1.09. The number of pyridine rings is 1. The minimum absolute atomic E-state index is 0.0491. The number of aryl methyl sites for hydroxylation is 1. The van der Waals surface area contributed by atoms with E-state index in [0.717, 1.165) is 22.6 Å². The maximum absolute atomic E-state index is 13.5. The molecule has 0 bridgehead atoms. The second kappa shape index (κ2) is 10.4. The van der Waals surface area contributed by atoms with Crippen molar-refractivity contribution in [2.45, 2.75) is 25.3 Å². The zero-order valence-corrected chi connectivity index (χ0v) is 23.5. The predicted molar refractivity (Wildman–Crippen MR) is 152 cm³/mol. The Bertz CT molecular complexity index is 1860. The molecular formula is C27H23ClN8O4S. The molecule has 4 aromatic heterocycles. The number of imidazole rings is 1. The van der Waals surface area contributed by atoms with Gasteiger partial charge in [-0.1, -0.05) is 11.6 Å². The lowest BCUT2D eigenvalue weighted by atomic mass is 10.0. The molecule has 1 aliphatic heterocycles. The van der Waals surface area contributed by atoms with Crippen molar-refractivity contribution in [1.82, 2.24) is 39.6 Å². The van der Waals surface area contributed by atoms with E-state index in [-0.39, 0.29) is 28.8 Å². The van der Waals surface area contributed by atoms with Crippen molar-refractivity contribution in [2.75, 3.05) is 14.1 Å². The first kappa shape index (κ1) is 26.6. The summed E-state index contributed by atoms with van der Waals surface area (Å²) in [4.78, 5) is 47.2. The van der Waals surface area contributed by atoms with Crippen molar-refractivity contribution in [2.24, 2.45) is 0 Å². The van der Waals surface area contributed by atoms with Gasteiger partial charge in [-0.2, -0.15) is 4.68 Å². The first-order valence-corrected chi connectivity index (χ1v) is 13.8. The lowest BCUT2D eigenvalue weighted by Gasteiger charge is -2.15. The number of carbonyl (C=O) groups is 2. The molecule has 14 heteroatoms. The number of carboxylic acids is 1. The van der Waals surface area contributed by atoms with Gasteiger partial charge in [0.15, 0.2) is 0 Å². The van der Waals surface area contributed by atoms with E-state index in [1.165, 1.54) is 15.9 Å². The highest BCUT2D eigenvalue weighted by Gasteiger charge is 2.29. The highest BCUT2D eigenvalue weighted by atomic mass is 35.5. The van der Waals surface area contributed by atoms with Gasteiger partial charge in [-0.25, -0.2) is 9.78 Å². The molecule has 0 spiro atoms. The maximum Gasteiger partial charge on any atom is 0.346 e. The second-order valence-electron chi connectivity index (χ2n) is 9.82. The monoisotopic (exact) mass is 590 g/mol. The van der Waals surface area contributed by atoms with Crippen LogP contribution in [0.25, 0.3) is 28.1 Å². The van der Waals surface area contributed by atoms with Crippen LogP contribution in [0, 0.1) is 0 Å². The molecule has 208 valence electrons. The Hall–Kier alpha value is -4.62. The van der Waals surface area contributed by atoms with Crippen LogP contribution in [0.1, 0.15) is 39.2 Å². The first-order valence-electron chi connectivity index (χ1n) is 12.6. The van der Waals surface area contributed by atoms with Crippen molar-refractivity contribution in [3.8, 4) is 28.1 Å². The SMILES string of the molecule is CN(C)C(=O)Cc1c(-c2cnc([C@@H]3CCc4cc(-c5cc(Cl)ccc5-n5cnnn5)cc(=O)n43)[nH]2)csc1C(=O)O. The van der Waals surface area contributed by atoms with Gasteiger partial charge in [0.1, 0.15) is 17.0 Å². The molecule has 0 aliphatic carbocycles. The number of rotatable bonds is 7. The molecule has 1 aromatic carbocycles. The second-order valence-corrected chi connectivity index (χ2v) is 11.1. The average Bonchev–Trinajstić information content (AvgIpc) is 3.74. The number of aromatic carboxylic acids is 1. The fourth-order valence-electron chi connectivity index (χ4n) is 5.14. The summed E-state index contributed by atoms with van der Waals surface area (Å²) >= 11 is 7.37. The number of nitrogens with zero attached hydrogens (tertiary/aromatic N) is 7. The van der Waals surface area contributed by atoms with Crippen LogP contribution in [0.3, 0.4) is 0 Å². The molecule has 5 heterocycles. The minimum Gasteiger partial charge on any atom is -0.477 e. The number of tetrazole rings is 1. The number of H-pyrrole nitrogens is 1. The van der Waals surface area contributed by atoms with Crippen LogP contribution < -0.4 is 5.56 Å². The van der Waals surface area contributed by atoms with Crippen molar-refractivity contribution < 1.29 is 14.7 Å². The summed E-state index contributed by atoms with van der Waals surface area (Å²) in [6.07, 6.45) is 4.35. The van der Waals surface area contributed by atoms with Gasteiger partial charge in [0.2, 0.25) is 5.91 Å². The van der Waals surface area contributed by atoms with E-state index < -0.39 is 5.97 Å². The molecule has 0 unspecified atom stereocenters. The van der Waals surface area contributed by atoms with Gasteiger partial charge >= 0.3 is 5.97 Å². The van der Waals surface area contributed by atoms with Crippen LogP contribution in [0.4, 0.5) is 0 Å². The summed E-state index contributed by atoms with van der Waals surface area (Å²) in [5, 5.41) is 23.3. The lowest BCUT2D eigenvalue weighted by Crippen LogP contribution is -2.24. The summed E-state index contributed by atoms with van der Waals surface area (Å²) in [6.45, 7) is 0. The van der Waals surface area contributed by atoms with Gasteiger partial charge in [-0.15, -0.1) is 16.4 Å². The third-order valence-electron chi connectivity index (χ3n) is 7.12. The topological polar surface area (TPSA) is 152 Å². The molecule has 5 aromatic rings. The van der Waals surface area contributed by atoms with Crippen molar-refractivity contribution >= 4 is 34.8 Å². The van der Waals surface area contributed by atoms with Gasteiger partial charge in [0.05, 0.1) is 30.0 Å². The van der Waals surface area contributed by atoms with Gasteiger partial charge in [-0.05, 0) is 58.7 Å². The smallest absolute Gasteiger partial charge is 0.346 e. The number of hydrogen-bond acceptors (Lipinski definition) is 8. The third-order valence-corrected chi connectivity index (χ3v) is 8.36. The summed E-state index contributed by atoms with van der Waals surface area (Å²) in [6, 6.07) is 8.51. The standard InChI is InChI=1S/C27H23ClN8O4S/c1-34(2)23(37)10-18-19(12-41-25(18)27(39)40)20-11-29-26(31-20)22-6-4-16-7-14(8-24(38)36(16)22)17-9-15(28)3-5-21(17)35-13-30-32-33-35/h3,5,7-9,11-13,22H,4,6,10H2,1-2H3,(H,29,31)(H,39,40)/t22-/m0/s1. The zero-order chi connectivity index (χ0) is 28.8. The molecule has 0 radical (unpaired) electrons. The number of benzene rings is 1. The zero-order valence-electron chi connectivity index (χ0n) is 21.9. The molecule has 1 amide bonds. The Labute approximate surface area is 241 Å².